The molecule has 0 spiro atoms. The molecule has 0 aliphatic heterocycles. The molecule has 0 atom stereocenters. The molecular formula is C20H29FN4O. The van der Waals surface area contributed by atoms with Gasteiger partial charge in [0.15, 0.2) is 5.96 Å². The van der Waals surface area contributed by atoms with Crippen LogP contribution in [-0.4, -0.2) is 30.8 Å². The van der Waals surface area contributed by atoms with E-state index in [1.165, 1.54) is 11.6 Å². The number of nitrogens with zero attached hydrogens (tertiary/aromatic N) is 2. The Kier molecular flexibility index (Phi) is 7.63. The molecule has 5 nitrogen and oxygen atoms in total. The molecule has 1 aromatic heterocycles. The summed E-state index contributed by atoms with van der Waals surface area (Å²) in [5.74, 6) is 1.52. The van der Waals surface area contributed by atoms with Gasteiger partial charge >= 0.3 is 0 Å². The van der Waals surface area contributed by atoms with E-state index in [4.69, 9.17) is 4.52 Å². The molecule has 0 fully saturated rings. The van der Waals surface area contributed by atoms with Crippen LogP contribution in [0.5, 0.6) is 0 Å². The van der Waals surface area contributed by atoms with Crippen LogP contribution in [0.3, 0.4) is 0 Å². The van der Waals surface area contributed by atoms with Crippen LogP contribution in [0.4, 0.5) is 4.39 Å². The van der Waals surface area contributed by atoms with E-state index in [2.05, 4.69) is 20.8 Å². The van der Waals surface area contributed by atoms with E-state index in [9.17, 15) is 4.39 Å². The van der Waals surface area contributed by atoms with Crippen LogP contribution in [0.2, 0.25) is 0 Å². The van der Waals surface area contributed by atoms with Crippen LogP contribution in [-0.2, 0) is 12.8 Å². The number of nitrogens with one attached hydrogen (secondary N) is 2. The predicted molar refractivity (Wildman–Crippen MR) is 103 cm³/mol. The molecule has 0 amide bonds. The predicted octanol–water partition coefficient (Wildman–Crippen LogP) is 3.47. The van der Waals surface area contributed by atoms with Gasteiger partial charge in [0.2, 0.25) is 0 Å². The van der Waals surface area contributed by atoms with E-state index >= 15 is 0 Å². The molecule has 1 aromatic carbocycles. The Bertz CT molecular complexity index is 720. The van der Waals surface area contributed by atoms with Crippen molar-refractivity contribution in [3.05, 3.63) is 52.2 Å². The summed E-state index contributed by atoms with van der Waals surface area (Å²) in [6.07, 6.45) is 2.69. The average molecular weight is 360 g/mol. The van der Waals surface area contributed by atoms with Crippen molar-refractivity contribution in [2.75, 3.05) is 19.6 Å². The molecule has 2 aromatic rings. The van der Waals surface area contributed by atoms with Crippen molar-refractivity contribution in [1.29, 1.82) is 0 Å². The standard InChI is InChI=1S/C20H29FN4O/c1-5-22-20(23-11-6-7-19-15(3)25-26-16(19)4)24-12-10-17-8-9-18(21)13-14(17)2/h8-9,13H,5-7,10-12H2,1-4H3,(H2,22,23,24). The molecule has 0 saturated carbocycles. The minimum atomic E-state index is -0.188. The molecule has 1 heterocycles. The van der Waals surface area contributed by atoms with Gasteiger partial charge in [0.1, 0.15) is 11.6 Å². The second-order valence-corrected chi connectivity index (χ2v) is 6.41. The maximum atomic E-state index is 13.2. The molecule has 2 rings (SSSR count). The molecule has 2 N–H and O–H groups in total. The minimum absolute atomic E-state index is 0.188. The van der Waals surface area contributed by atoms with Gasteiger partial charge in [0.05, 0.1) is 5.69 Å². The number of aromatic nitrogens is 1. The number of aryl methyl sites for hydroxylation is 3. The maximum absolute atomic E-state index is 13.2. The molecule has 0 unspecified atom stereocenters. The van der Waals surface area contributed by atoms with Crippen molar-refractivity contribution in [3.8, 4) is 0 Å². The van der Waals surface area contributed by atoms with E-state index in [0.717, 1.165) is 67.4 Å². The Balaban J connectivity index is 1.80. The van der Waals surface area contributed by atoms with Gasteiger partial charge in [-0.05, 0) is 70.2 Å². The zero-order valence-electron chi connectivity index (χ0n) is 16.2. The lowest BCUT2D eigenvalue weighted by molar-refractivity contribution is 0.392. The van der Waals surface area contributed by atoms with Crippen molar-refractivity contribution in [2.24, 2.45) is 4.99 Å². The SMILES string of the molecule is CCNC(=NCCCc1c(C)noc1C)NCCc1ccc(F)cc1C. The van der Waals surface area contributed by atoms with Crippen LogP contribution < -0.4 is 10.6 Å². The van der Waals surface area contributed by atoms with Gasteiger partial charge in [-0.2, -0.15) is 0 Å². The number of halogens is 1. The molecule has 26 heavy (non-hydrogen) atoms. The number of aliphatic imine (C=N–C) groups is 1. The fraction of sp³-hybridized carbons (Fsp3) is 0.500. The zero-order valence-corrected chi connectivity index (χ0v) is 16.2. The van der Waals surface area contributed by atoms with Crippen LogP contribution in [0.15, 0.2) is 27.7 Å². The van der Waals surface area contributed by atoms with E-state index in [1.54, 1.807) is 6.07 Å². The second kappa shape index (κ2) is 9.94. The minimum Gasteiger partial charge on any atom is -0.361 e. The van der Waals surface area contributed by atoms with Crippen molar-refractivity contribution >= 4 is 5.96 Å². The van der Waals surface area contributed by atoms with Gasteiger partial charge < -0.3 is 15.2 Å². The number of hydrogen-bond donors (Lipinski definition) is 2. The van der Waals surface area contributed by atoms with Gasteiger partial charge in [-0.15, -0.1) is 0 Å². The Morgan fingerprint density at radius 1 is 1.19 bits per heavy atom. The molecule has 0 aliphatic carbocycles. The Morgan fingerprint density at radius 3 is 2.65 bits per heavy atom. The Morgan fingerprint density at radius 2 is 2.00 bits per heavy atom. The third-order valence-electron chi connectivity index (χ3n) is 4.37. The first-order valence-electron chi connectivity index (χ1n) is 9.20. The summed E-state index contributed by atoms with van der Waals surface area (Å²) in [5.41, 5.74) is 4.28. The van der Waals surface area contributed by atoms with Crippen LogP contribution in [0, 0.1) is 26.6 Å². The summed E-state index contributed by atoms with van der Waals surface area (Å²) in [6, 6.07) is 4.93. The monoisotopic (exact) mass is 360 g/mol. The van der Waals surface area contributed by atoms with Crippen LogP contribution >= 0.6 is 0 Å². The maximum Gasteiger partial charge on any atom is 0.191 e. The van der Waals surface area contributed by atoms with Gasteiger partial charge in [-0.25, -0.2) is 4.39 Å². The first-order valence-corrected chi connectivity index (χ1v) is 9.20. The summed E-state index contributed by atoms with van der Waals surface area (Å²) in [4.78, 5) is 4.62. The summed E-state index contributed by atoms with van der Waals surface area (Å²) in [6.45, 7) is 10.2. The molecule has 6 heteroatoms. The lowest BCUT2D eigenvalue weighted by atomic mass is 10.1. The summed E-state index contributed by atoms with van der Waals surface area (Å²) >= 11 is 0. The van der Waals surface area contributed by atoms with Gasteiger partial charge in [0.25, 0.3) is 0 Å². The Hall–Kier alpha value is -2.37. The highest BCUT2D eigenvalue weighted by molar-refractivity contribution is 5.79. The van der Waals surface area contributed by atoms with E-state index in [1.807, 2.05) is 33.8 Å². The molecule has 0 aliphatic rings. The first kappa shape index (κ1) is 19.9. The summed E-state index contributed by atoms with van der Waals surface area (Å²) < 4.78 is 18.4. The fourth-order valence-corrected chi connectivity index (χ4v) is 2.90. The Labute approximate surface area is 155 Å². The van der Waals surface area contributed by atoms with Gasteiger partial charge in [0, 0.05) is 25.2 Å². The average Bonchev–Trinajstić information content (AvgIpc) is 2.92. The summed E-state index contributed by atoms with van der Waals surface area (Å²) in [7, 11) is 0. The van der Waals surface area contributed by atoms with Gasteiger partial charge in [-0.3, -0.25) is 4.99 Å². The normalized spacial score (nSPS) is 11.7. The largest absolute Gasteiger partial charge is 0.361 e. The van der Waals surface area contributed by atoms with Crippen LogP contribution in [0.1, 0.15) is 41.5 Å². The third kappa shape index (κ3) is 5.86. The van der Waals surface area contributed by atoms with Crippen LogP contribution in [0.25, 0.3) is 0 Å². The third-order valence-corrected chi connectivity index (χ3v) is 4.37. The first-order chi connectivity index (χ1) is 12.5. The second-order valence-electron chi connectivity index (χ2n) is 6.41. The number of benzene rings is 1. The van der Waals surface area contributed by atoms with Crippen molar-refractivity contribution in [2.45, 2.75) is 47.0 Å². The lowest BCUT2D eigenvalue weighted by Gasteiger charge is -2.12. The zero-order chi connectivity index (χ0) is 18.9. The highest BCUT2D eigenvalue weighted by atomic mass is 19.1. The van der Waals surface area contributed by atoms with Crippen molar-refractivity contribution < 1.29 is 8.91 Å². The fourth-order valence-electron chi connectivity index (χ4n) is 2.90. The van der Waals surface area contributed by atoms with Gasteiger partial charge in [-0.1, -0.05) is 11.2 Å². The van der Waals surface area contributed by atoms with E-state index < -0.39 is 0 Å². The quantitative estimate of drug-likeness (QED) is 0.430. The highest BCUT2D eigenvalue weighted by Gasteiger charge is 2.08. The number of rotatable bonds is 8. The molecule has 0 radical (unpaired) electrons. The number of hydrogen-bond acceptors (Lipinski definition) is 3. The smallest absolute Gasteiger partial charge is 0.191 e. The topological polar surface area (TPSA) is 62.5 Å². The number of guanidine groups is 1. The summed E-state index contributed by atoms with van der Waals surface area (Å²) in [5, 5.41) is 10.6. The van der Waals surface area contributed by atoms with Crippen molar-refractivity contribution in [3.63, 3.8) is 0 Å². The molecule has 0 bridgehead atoms. The molecule has 142 valence electrons. The molecular weight excluding hydrogens is 331 g/mol. The highest BCUT2D eigenvalue weighted by Crippen LogP contribution is 2.14. The van der Waals surface area contributed by atoms with E-state index in [-0.39, 0.29) is 5.82 Å². The van der Waals surface area contributed by atoms with Crippen molar-refractivity contribution in [1.82, 2.24) is 15.8 Å². The molecule has 0 saturated heterocycles. The van der Waals surface area contributed by atoms with E-state index in [0.29, 0.717) is 0 Å². The lowest BCUT2D eigenvalue weighted by Crippen LogP contribution is -2.38.